The van der Waals surface area contributed by atoms with Gasteiger partial charge in [-0.2, -0.15) is 4.98 Å². The number of aryl methyl sites for hydroxylation is 2. The molecule has 94 valence electrons. The zero-order valence-corrected chi connectivity index (χ0v) is 10.6. The molecule has 4 nitrogen and oxygen atoms in total. The van der Waals surface area contributed by atoms with Crippen LogP contribution in [0, 0.1) is 0 Å². The summed E-state index contributed by atoms with van der Waals surface area (Å²) >= 11 is 0. The van der Waals surface area contributed by atoms with Gasteiger partial charge in [-0.25, -0.2) is 0 Å². The van der Waals surface area contributed by atoms with Gasteiger partial charge in [-0.1, -0.05) is 30.3 Å². The van der Waals surface area contributed by atoms with Crippen molar-refractivity contribution in [1.29, 1.82) is 0 Å². The minimum Gasteiger partial charge on any atom is -0.362 e. The molecule has 18 heavy (non-hydrogen) atoms. The van der Waals surface area contributed by atoms with Crippen LogP contribution in [0.3, 0.4) is 0 Å². The van der Waals surface area contributed by atoms with Crippen LogP contribution in [0.5, 0.6) is 0 Å². The van der Waals surface area contributed by atoms with Crippen molar-refractivity contribution in [3.8, 4) is 0 Å². The highest BCUT2D eigenvalue weighted by Crippen LogP contribution is 2.27. The molecule has 0 bridgehead atoms. The minimum atomic E-state index is 0.712. The Labute approximate surface area is 107 Å². The first-order valence-electron chi connectivity index (χ1n) is 6.51. The monoisotopic (exact) mass is 243 g/mol. The maximum absolute atomic E-state index is 5.27. The van der Waals surface area contributed by atoms with Crippen LogP contribution in [-0.2, 0) is 19.4 Å². The van der Waals surface area contributed by atoms with Crippen LogP contribution in [0.15, 0.2) is 28.8 Å². The number of rotatable bonds is 3. The average Bonchev–Trinajstić information content (AvgIpc) is 2.87. The van der Waals surface area contributed by atoms with E-state index in [1.165, 1.54) is 17.7 Å². The summed E-state index contributed by atoms with van der Waals surface area (Å²) in [7, 11) is 0. The topological polar surface area (TPSA) is 42.2 Å². The van der Waals surface area contributed by atoms with Gasteiger partial charge >= 0.3 is 0 Å². The van der Waals surface area contributed by atoms with Crippen molar-refractivity contribution in [3.05, 3.63) is 41.5 Å². The van der Waals surface area contributed by atoms with Crippen molar-refractivity contribution < 1.29 is 4.52 Å². The number of aromatic nitrogens is 2. The predicted molar refractivity (Wildman–Crippen MR) is 69.5 cm³/mol. The highest BCUT2D eigenvalue weighted by atomic mass is 16.5. The summed E-state index contributed by atoms with van der Waals surface area (Å²) < 4.78 is 5.27. The normalized spacial score (nSPS) is 14.6. The molecule has 1 aliphatic heterocycles. The lowest BCUT2D eigenvalue weighted by atomic mass is 10.0. The first-order chi connectivity index (χ1) is 8.86. The fourth-order valence-corrected chi connectivity index (χ4v) is 2.44. The van der Waals surface area contributed by atoms with E-state index < -0.39 is 0 Å². The van der Waals surface area contributed by atoms with E-state index in [1.807, 2.05) is 6.92 Å². The van der Waals surface area contributed by atoms with E-state index in [9.17, 15) is 0 Å². The summed E-state index contributed by atoms with van der Waals surface area (Å²) in [4.78, 5) is 6.70. The second kappa shape index (κ2) is 4.80. The van der Waals surface area contributed by atoms with Crippen molar-refractivity contribution in [2.24, 2.45) is 0 Å². The largest absolute Gasteiger partial charge is 0.362 e. The van der Waals surface area contributed by atoms with Gasteiger partial charge in [0, 0.05) is 18.7 Å². The summed E-state index contributed by atoms with van der Waals surface area (Å²) in [5.74, 6) is 1.50. The van der Waals surface area contributed by atoms with E-state index in [2.05, 4.69) is 39.3 Å². The third kappa shape index (κ3) is 2.10. The van der Waals surface area contributed by atoms with E-state index in [-0.39, 0.29) is 0 Å². The van der Waals surface area contributed by atoms with Gasteiger partial charge in [-0.3, -0.25) is 0 Å². The number of nitrogens with zero attached hydrogens (tertiary/aromatic N) is 3. The molecule has 4 heteroatoms. The fraction of sp³-hybridized carbons (Fsp3) is 0.429. The smallest absolute Gasteiger partial charge is 0.246 e. The fourth-order valence-electron chi connectivity index (χ4n) is 2.44. The van der Waals surface area contributed by atoms with E-state index >= 15 is 0 Å². The maximum Gasteiger partial charge on any atom is 0.246 e. The zero-order chi connectivity index (χ0) is 12.4. The van der Waals surface area contributed by atoms with Crippen molar-refractivity contribution >= 4 is 5.69 Å². The van der Waals surface area contributed by atoms with E-state index in [1.54, 1.807) is 0 Å². The van der Waals surface area contributed by atoms with Crippen molar-refractivity contribution in [2.45, 2.75) is 32.7 Å². The molecule has 0 fully saturated rings. The molecule has 0 saturated carbocycles. The average molecular weight is 243 g/mol. The summed E-state index contributed by atoms with van der Waals surface area (Å²) in [5.41, 5.74) is 2.72. The molecule has 0 spiro atoms. The highest BCUT2D eigenvalue weighted by Gasteiger charge is 2.18. The van der Waals surface area contributed by atoms with Gasteiger partial charge in [0.15, 0.2) is 5.82 Å². The maximum atomic E-state index is 5.27. The van der Waals surface area contributed by atoms with Gasteiger partial charge < -0.3 is 9.42 Å². The van der Waals surface area contributed by atoms with E-state index in [0.717, 1.165) is 25.2 Å². The zero-order valence-electron chi connectivity index (χ0n) is 10.6. The van der Waals surface area contributed by atoms with E-state index in [0.29, 0.717) is 12.4 Å². The van der Waals surface area contributed by atoms with Crippen LogP contribution in [-0.4, -0.2) is 16.7 Å². The Balaban J connectivity index is 1.81. The Kier molecular flexibility index (Phi) is 3.00. The van der Waals surface area contributed by atoms with Crippen molar-refractivity contribution in [3.63, 3.8) is 0 Å². The number of hydrogen-bond acceptors (Lipinski definition) is 4. The lowest BCUT2D eigenvalue weighted by Crippen LogP contribution is -2.28. The summed E-state index contributed by atoms with van der Waals surface area (Å²) in [6, 6.07) is 8.56. The Morgan fingerprint density at radius 1 is 1.33 bits per heavy atom. The molecule has 1 aromatic heterocycles. The first-order valence-corrected chi connectivity index (χ1v) is 6.51. The Hall–Kier alpha value is -1.84. The molecule has 0 atom stereocenters. The third-order valence-electron chi connectivity index (χ3n) is 3.36. The van der Waals surface area contributed by atoms with Crippen LogP contribution in [0.25, 0.3) is 0 Å². The van der Waals surface area contributed by atoms with Crippen LogP contribution in [0.2, 0.25) is 0 Å². The van der Waals surface area contributed by atoms with Crippen LogP contribution in [0.4, 0.5) is 5.69 Å². The number of anilines is 1. The summed E-state index contributed by atoms with van der Waals surface area (Å²) in [6.07, 6.45) is 3.17. The van der Waals surface area contributed by atoms with Gasteiger partial charge in [-0.05, 0) is 24.5 Å². The standard InChI is InChI=1S/C14H17N3O/c1-2-13-15-14(18-16-13)10-17-9-5-7-11-6-3-4-8-12(11)17/h3-4,6,8H,2,5,7,9-10H2,1H3. The number of hydrogen-bond donors (Lipinski definition) is 0. The third-order valence-corrected chi connectivity index (χ3v) is 3.36. The van der Waals surface area contributed by atoms with Crippen LogP contribution < -0.4 is 4.90 Å². The molecular formula is C14H17N3O. The summed E-state index contributed by atoms with van der Waals surface area (Å²) in [5, 5.41) is 3.94. The molecule has 0 N–H and O–H groups in total. The highest BCUT2D eigenvalue weighted by molar-refractivity contribution is 5.55. The molecule has 2 aromatic rings. The van der Waals surface area contributed by atoms with E-state index in [4.69, 9.17) is 4.52 Å². The molecule has 3 rings (SSSR count). The van der Waals surface area contributed by atoms with Crippen molar-refractivity contribution in [2.75, 3.05) is 11.4 Å². The van der Waals surface area contributed by atoms with Gasteiger partial charge in [0.1, 0.15) is 0 Å². The predicted octanol–water partition coefficient (Wildman–Crippen LogP) is 2.58. The number of benzene rings is 1. The van der Waals surface area contributed by atoms with Gasteiger partial charge in [-0.15, -0.1) is 0 Å². The molecular weight excluding hydrogens is 226 g/mol. The molecule has 0 radical (unpaired) electrons. The van der Waals surface area contributed by atoms with Gasteiger partial charge in [0.2, 0.25) is 5.89 Å². The van der Waals surface area contributed by atoms with Gasteiger partial charge in [0.25, 0.3) is 0 Å². The molecule has 0 aliphatic carbocycles. The molecule has 2 heterocycles. The molecule has 1 aliphatic rings. The minimum absolute atomic E-state index is 0.712. The molecule has 1 aromatic carbocycles. The van der Waals surface area contributed by atoms with Crippen molar-refractivity contribution in [1.82, 2.24) is 10.1 Å². The quantitative estimate of drug-likeness (QED) is 0.831. The first kappa shape index (κ1) is 11.3. The van der Waals surface area contributed by atoms with Crippen LogP contribution in [0.1, 0.15) is 30.6 Å². The summed E-state index contributed by atoms with van der Waals surface area (Å²) in [6.45, 7) is 3.80. The Morgan fingerprint density at radius 2 is 2.22 bits per heavy atom. The Bertz CT molecular complexity index is 535. The number of para-hydroxylation sites is 1. The molecule has 0 saturated heterocycles. The lowest BCUT2D eigenvalue weighted by Gasteiger charge is -2.29. The molecule has 0 unspecified atom stereocenters. The lowest BCUT2D eigenvalue weighted by molar-refractivity contribution is 0.370. The van der Waals surface area contributed by atoms with Crippen LogP contribution >= 0.6 is 0 Å². The number of fused-ring (bicyclic) bond motifs is 1. The SMILES string of the molecule is CCc1noc(CN2CCCc3ccccc32)n1. The molecule has 0 amide bonds. The Morgan fingerprint density at radius 3 is 3.06 bits per heavy atom. The van der Waals surface area contributed by atoms with Gasteiger partial charge in [0.05, 0.1) is 6.54 Å². The second-order valence-electron chi connectivity index (χ2n) is 4.61. The second-order valence-corrected chi connectivity index (χ2v) is 4.61.